The summed E-state index contributed by atoms with van der Waals surface area (Å²) in [5, 5.41) is 4.47. The zero-order valence-electron chi connectivity index (χ0n) is 12.3. The van der Waals surface area contributed by atoms with E-state index in [0.717, 1.165) is 11.3 Å². The van der Waals surface area contributed by atoms with Crippen LogP contribution in [0, 0.1) is 6.92 Å². The molecule has 6 nitrogen and oxygen atoms in total. The first-order valence-electron chi connectivity index (χ1n) is 7.10. The molecule has 0 aliphatic heterocycles. The molecule has 0 saturated carbocycles. The first-order chi connectivity index (χ1) is 11.2. The summed E-state index contributed by atoms with van der Waals surface area (Å²) < 4.78 is 6.50. The molecule has 4 aromatic rings. The summed E-state index contributed by atoms with van der Waals surface area (Å²) in [7, 11) is 0. The van der Waals surface area contributed by atoms with Gasteiger partial charge in [-0.1, -0.05) is 17.3 Å². The van der Waals surface area contributed by atoms with Crippen LogP contribution in [0.15, 0.2) is 64.2 Å². The van der Waals surface area contributed by atoms with Gasteiger partial charge in [-0.05, 0) is 36.4 Å². The van der Waals surface area contributed by atoms with E-state index in [2.05, 4.69) is 15.1 Å². The van der Waals surface area contributed by atoms with Gasteiger partial charge in [0, 0.05) is 12.5 Å². The molecule has 4 rings (SSSR count). The number of aromatic nitrogens is 4. The van der Waals surface area contributed by atoms with E-state index in [0.29, 0.717) is 22.6 Å². The van der Waals surface area contributed by atoms with Gasteiger partial charge in [0.25, 0.3) is 5.56 Å². The van der Waals surface area contributed by atoms with Gasteiger partial charge in [0.05, 0.1) is 16.6 Å². The van der Waals surface area contributed by atoms with Crippen LogP contribution >= 0.6 is 0 Å². The van der Waals surface area contributed by atoms with Gasteiger partial charge in [0.1, 0.15) is 6.33 Å². The lowest BCUT2D eigenvalue weighted by atomic mass is 10.2. The summed E-state index contributed by atoms with van der Waals surface area (Å²) in [5.74, 6) is 1.04. The second-order valence-electron chi connectivity index (χ2n) is 5.12. The van der Waals surface area contributed by atoms with E-state index in [1.165, 1.54) is 10.9 Å². The molecule has 2 heterocycles. The maximum atomic E-state index is 12.6. The minimum Gasteiger partial charge on any atom is -0.339 e. The second kappa shape index (κ2) is 5.17. The number of nitrogens with zero attached hydrogens (tertiary/aromatic N) is 4. The van der Waals surface area contributed by atoms with E-state index >= 15 is 0 Å². The van der Waals surface area contributed by atoms with Gasteiger partial charge in [-0.3, -0.25) is 9.36 Å². The Balaban J connectivity index is 1.79. The molecule has 6 heteroatoms. The van der Waals surface area contributed by atoms with Crippen molar-refractivity contribution in [1.29, 1.82) is 0 Å². The molecule has 0 N–H and O–H groups in total. The molecule has 0 saturated heterocycles. The quantitative estimate of drug-likeness (QED) is 0.569. The van der Waals surface area contributed by atoms with Crippen molar-refractivity contribution in [2.24, 2.45) is 0 Å². The lowest BCUT2D eigenvalue weighted by Gasteiger charge is -2.06. The summed E-state index contributed by atoms with van der Waals surface area (Å²) in [6, 6.07) is 14.7. The van der Waals surface area contributed by atoms with Crippen LogP contribution in [0.25, 0.3) is 28.0 Å². The predicted octanol–water partition coefficient (Wildman–Crippen LogP) is 2.74. The van der Waals surface area contributed by atoms with Crippen LogP contribution in [0.4, 0.5) is 0 Å². The molecule has 0 spiro atoms. The lowest BCUT2D eigenvalue weighted by Crippen LogP contribution is -2.18. The van der Waals surface area contributed by atoms with Crippen molar-refractivity contribution in [1.82, 2.24) is 19.7 Å². The van der Waals surface area contributed by atoms with Crippen molar-refractivity contribution in [3.63, 3.8) is 0 Å². The predicted molar refractivity (Wildman–Crippen MR) is 85.4 cm³/mol. The minimum absolute atomic E-state index is 0.0984. The topological polar surface area (TPSA) is 73.8 Å². The van der Waals surface area contributed by atoms with Crippen LogP contribution in [0.2, 0.25) is 0 Å². The van der Waals surface area contributed by atoms with E-state index in [1.54, 1.807) is 13.0 Å². The molecule has 0 radical (unpaired) electrons. The van der Waals surface area contributed by atoms with E-state index in [1.807, 2.05) is 42.5 Å². The number of fused-ring (bicyclic) bond motifs is 1. The summed E-state index contributed by atoms with van der Waals surface area (Å²) in [4.78, 5) is 21.1. The average Bonchev–Trinajstić information content (AvgIpc) is 3.02. The van der Waals surface area contributed by atoms with Crippen LogP contribution in [0.3, 0.4) is 0 Å². The molecule has 0 fully saturated rings. The second-order valence-corrected chi connectivity index (χ2v) is 5.12. The number of aryl methyl sites for hydroxylation is 1. The van der Waals surface area contributed by atoms with Crippen LogP contribution in [-0.4, -0.2) is 19.7 Å². The number of hydrogen-bond acceptors (Lipinski definition) is 5. The Morgan fingerprint density at radius 1 is 1.04 bits per heavy atom. The molecule has 0 atom stereocenters. The zero-order valence-corrected chi connectivity index (χ0v) is 12.3. The summed E-state index contributed by atoms with van der Waals surface area (Å²) in [6.45, 7) is 1.74. The highest BCUT2D eigenvalue weighted by atomic mass is 16.5. The number of hydrogen-bond donors (Lipinski definition) is 0. The average molecular weight is 304 g/mol. The Morgan fingerprint density at radius 3 is 2.57 bits per heavy atom. The molecule has 2 aromatic carbocycles. The Hall–Kier alpha value is -3.28. The first kappa shape index (κ1) is 13.4. The molecule has 0 unspecified atom stereocenters. The van der Waals surface area contributed by atoms with Crippen LogP contribution < -0.4 is 5.56 Å². The largest absolute Gasteiger partial charge is 0.339 e. The van der Waals surface area contributed by atoms with Gasteiger partial charge in [-0.15, -0.1) is 0 Å². The van der Waals surface area contributed by atoms with Crippen molar-refractivity contribution >= 4 is 10.9 Å². The molecule has 0 aliphatic rings. The van der Waals surface area contributed by atoms with Crippen molar-refractivity contribution in [2.45, 2.75) is 6.92 Å². The van der Waals surface area contributed by atoms with Gasteiger partial charge in [0.2, 0.25) is 11.7 Å². The van der Waals surface area contributed by atoms with E-state index < -0.39 is 0 Å². The third kappa shape index (κ3) is 2.30. The third-order valence-corrected chi connectivity index (χ3v) is 3.60. The lowest BCUT2D eigenvalue weighted by molar-refractivity contribution is 0.394. The zero-order chi connectivity index (χ0) is 15.8. The molecule has 0 bridgehead atoms. The van der Waals surface area contributed by atoms with Crippen LogP contribution in [0.5, 0.6) is 0 Å². The molecular weight excluding hydrogens is 292 g/mol. The minimum atomic E-state index is -0.0984. The Bertz CT molecular complexity index is 1050. The molecule has 2 aromatic heterocycles. The standard InChI is InChI=1S/C17H12N4O2/c1-11-19-16(20-23-11)12-6-8-13(9-7-12)21-10-18-15-5-3-2-4-14(15)17(21)22/h2-10H,1H3. The van der Waals surface area contributed by atoms with Crippen molar-refractivity contribution in [3.8, 4) is 17.1 Å². The van der Waals surface area contributed by atoms with E-state index in [4.69, 9.17) is 4.52 Å². The maximum Gasteiger partial charge on any atom is 0.265 e. The summed E-state index contributed by atoms with van der Waals surface area (Å²) in [6.07, 6.45) is 1.54. The Morgan fingerprint density at radius 2 is 1.83 bits per heavy atom. The number of rotatable bonds is 2. The molecular formula is C17H12N4O2. The highest BCUT2D eigenvalue weighted by molar-refractivity contribution is 5.77. The Labute approximate surface area is 131 Å². The van der Waals surface area contributed by atoms with Crippen molar-refractivity contribution < 1.29 is 4.52 Å². The SMILES string of the molecule is Cc1nc(-c2ccc(-n3cnc4ccccc4c3=O)cc2)no1. The maximum absolute atomic E-state index is 12.6. The smallest absolute Gasteiger partial charge is 0.265 e. The fourth-order valence-electron chi connectivity index (χ4n) is 2.44. The highest BCUT2D eigenvalue weighted by Crippen LogP contribution is 2.18. The number of benzene rings is 2. The monoisotopic (exact) mass is 304 g/mol. The normalized spacial score (nSPS) is 11.0. The number of para-hydroxylation sites is 1. The van der Waals surface area contributed by atoms with E-state index in [9.17, 15) is 4.79 Å². The van der Waals surface area contributed by atoms with Gasteiger partial charge in [0.15, 0.2) is 0 Å². The molecule has 112 valence electrons. The van der Waals surface area contributed by atoms with Gasteiger partial charge < -0.3 is 4.52 Å². The molecule has 23 heavy (non-hydrogen) atoms. The fraction of sp³-hybridized carbons (Fsp3) is 0.0588. The first-order valence-corrected chi connectivity index (χ1v) is 7.10. The van der Waals surface area contributed by atoms with Gasteiger partial charge in [-0.2, -0.15) is 4.98 Å². The fourth-order valence-corrected chi connectivity index (χ4v) is 2.44. The summed E-state index contributed by atoms with van der Waals surface area (Å²) >= 11 is 0. The van der Waals surface area contributed by atoms with Crippen molar-refractivity contribution in [2.75, 3.05) is 0 Å². The molecule has 0 aliphatic carbocycles. The molecule has 0 amide bonds. The van der Waals surface area contributed by atoms with Crippen molar-refractivity contribution in [3.05, 3.63) is 71.1 Å². The van der Waals surface area contributed by atoms with Crippen LogP contribution in [0.1, 0.15) is 5.89 Å². The summed E-state index contributed by atoms with van der Waals surface area (Å²) in [5.41, 5.74) is 2.15. The third-order valence-electron chi connectivity index (χ3n) is 3.60. The highest BCUT2D eigenvalue weighted by Gasteiger charge is 2.08. The van der Waals surface area contributed by atoms with Gasteiger partial charge >= 0.3 is 0 Å². The van der Waals surface area contributed by atoms with E-state index in [-0.39, 0.29) is 5.56 Å². The Kier molecular flexibility index (Phi) is 3.01. The van der Waals surface area contributed by atoms with Crippen LogP contribution in [-0.2, 0) is 0 Å². The van der Waals surface area contributed by atoms with Gasteiger partial charge in [-0.25, -0.2) is 4.98 Å².